The largest absolute Gasteiger partial charge is 0.456 e. The van der Waals surface area contributed by atoms with Crippen molar-refractivity contribution in [2.45, 2.75) is 20.4 Å². The Morgan fingerprint density at radius 2 is 1.76 bits per heavy atom. The summed E-state index contributed by atoms with van der Waals surface area (Å²) < 4.78 is 5.75. The molecule has 2 nitrogen and oxygen atoms in total. The van der Waals surface area contributed by atoms with Crippen molar-refractivity contribution in [2.75, 3.05) is 6.54 Å². The van der Waals surface area contributed by atoms with Gasteiger partial charge in [-0.25, -0.2) is 0 Å². The molecule has 2 aromatic rings. The molecule has 0 saturated heterocycles. The van der Waals surface area contributed by atoms with E-state index < -0.39 is 0 Å². The molecule has 0 fully saturated rings. The zero-order valence-corrected chi connectivity index (χ0v) is 13.7. The van der Waals surface area contributed by atoms with Crippen LogP contribution >= 0.6 is 23.2 Å². The van der Waals surface area contributed by atoms with Gasteiger partial charge in [-0.05, 0) is 54.4 Å². The standard InChI is InChI=1S/C17H19Cl2NO/c1-12(2)10-20-11-13-3-8-17(16(19)9-13)21-15-6-4-14(18)5-7-15/h3-9,12,20H,10-11H2,1-2H3. The van der Waals surface area contributed by atoms with Crippen LogP contribution in [0.2, 0.25) is 10.0 Å². The Bertz CT molecular complexity index is 582. The lowest BCUT2D eigenvalue weighted by atomic mass is 10.2. The fraction of sp³-hybridized carbons (Fsp3) is 0.294. The van der Waals surface area contributed by atoms with E-state index in [1.165, 1.54) is 0 Å². The highest BCUT2D eigenvalue weighted by molar-refractivity contribution is 6.32. The lowest BCUT2D eigenvalue weighted by Crippen LogP contribution is -2.18. The summed E-state index contributed by atoms with van der Waals surface area (Å²) in [5.41, 5.74) is 1.14. The van der Waals surface area contributed by atoms with Gasteiger partial charge in [0, 0.05) is 11.6 Å². The summed E-state index contributed by atoms with van der Waals surface area (Å²) >= 11 is 12.1. The Balaban J connectivity index is 2.00. The van der Waals surface area contributed by atoms with E-state index in [0.29, 0.717) is 27.5 Å². The van der Waals surface area contributed by atoms with Crippen LogP contribution in [0, 0.1) is 5.92 Å². The van der Waals surface area contributed by atoms with Crippen LogP contribution in [0.5, 0.6) is 11.5 Å². The number of nitrogens with one attached hydrogen (secondary N) is 1. The van der Waals surface area contributed by atoms with Crippen molar-refractivity contribution in [1.29, 1.82) is 0 Å². The molecule has 0 saturated carbocycles. The molecule has 21 heavy (non-hydrogen) atoms. The van der Waals surface area contributed by atoms with Gasteiger partial charge >= 0.3 is 0 Å². The molecular weight excluding hydrogens is 305 g/mol. The van der Waals surface area contributed by atoms with Crippen molar-refractivity contribution < 1.29 is 4.74 Å². The van der Waals surface area contributed by atoms with Gasteiger partial charge in [-0.1, -0.05) is 43.1 Å². The number of halogens is 2. The maximum Gasteiger partial charge on any atom is 0.146 e. The molecule has 2 rings (SSSR count). The van der Waals surface area contributed by atoms with Crippen molar-refractivity contribution >= 4 is 23.2 Å². The summed E-state index contributed by atoms with van der Waals surface area (Å²) in [7, 11) is 0. The second-order valence-electron chi connectivity index (χ2n) is 5.35. The average molecular weight is 324 g/mol. The smallest absolute Gasteiger partial charge is 0.146 e. The first-order chi connectivity index (χ1) is 10.0. The van der Waals surface area contributed by atoms with E-state index in [-0.39, 0.29) is 0 Å². The van der Waals surface area contributed by atoms with E-state index in [9.17, 15) is 0 Å². The molecule has 1 N–H and O–H groups in total. The first kappa shape index (κ1) is 16.2. The molecule has 0 aliphatic rings. The monoisotopic (exact) mass is 323 g/mol. The maximum atomic E-state index is 6.27. The van der Waals surface area contributed by atoms with E-state index in [0.717, 1.165) is 18.7 Å². The van der Waals surface area contributed by atoms with E-state index >= 15 is 0 Å². The molecule has 0 aliphatic carbocycles. The summed E-state index contributed by atoms with van der Waals surface area (Å²) in [6.45, 7) is 6.16. The van der Waals surface area contributed by atoms with Crippen molar-refractivity contribution in [3.05, 3.63) is 58.1 Å². The topological polar surface area (TPSA) is 21.3 Å². The first-order valence-electron chi connectivity index (χ1n) is 6.97. The Hall–Kier alpha value is -1.22. The summed E-state index contributed by atoms with van der Waals surface area (Å²) in [5, 5.41) is 4.68. The van der Waals surface area contributed by atoms with Crippen LogP contribution in [0.1, 0.15) is 19.4 Å². The van der Waals surface area contributed by atoms with Crippen LogP contribution in [0.15, 0.2) is 42.5 Å². The molecule has 0 aromatic heterocycles. The van der Waals surface area contributed by atoms with Crippen LogP contribution in [-0.4, -0.2) is 6.54 Å². The third-order valence-corrected chi connectivity index (χ3v) is 3.47. The van der Waals surface area contributed by atoms with Gasteiger partial charge in [0.05, 0.1) is 5.02 Å². The Morgan fingerprint density at radius 3 is 2.38 bits per heavy atom. The molecule has 0 heterocycles. The average Bonchev–Trinajstić information content (AvgIpc) is 2.44. The molecule has 0 radical (unpaired) electrons. The Morgan fingerprint density at radius 1 is 1.05 bits per heavy atom. The number of hydrogen-bond acceptors (Lipinski definition) is 2. The van der Waals surface area contributed by atoms with Crippen LogP contribution in [0.25, 0.3) is 0 Å². The van der Waals surface area contributed by atoms with Crippen molar-refractivity contribution in [3.8, 4) is 11.5 Å². The second-order valence-corrected chi connectivity index (χ2v) is 6.19. The molecule has 0 atom stereocenters. The lowest BCUT2D eigenvalue weighted by molar-refractivity contribution is 0.482. The van der Waals surface area contributed by atoms with Crippen molar-refractivity contribution in [2.24, 2.45) is 5.92 Å². The van der Waals surface area contributed by atoms with Crippen LogP contribution in [-0.2, 0) is 6.54 Å². The summed E-state index contributed by atoms with van der Waals surface area (Å²) in [4.78, 5) is 0. The molecule has 0 amide bonds. The van der Waals surface area contributed by atoms with E-state index in [4.69, 9.17) is 27.9 Å². The molecule has 4 heteroatoms. The molecule has 0 spiro atoms. The van der Waals surface area contributed by atoms with Crippen molar-refractivity contribution in [3.63, 3.8) is 0 Å². The Labute approximate surface area is 136 Å². The summed E-state index contributed by atoms with van der Waals surface area (Å²) in [6, 6.07) is 13.0. The third kappa shape index (κ3) is 5.24. The van der Waals surface area contributed by atoms with Gasteiger partial charge in [0.2, 0.25) is 0 Å². The minimum atomic E-state index is 0.605. The minimum absolute atomic E-state index is 0.605. The molecule has 0 aliphatic heterocycles. The molecule has 0 unspecified atom stereocenters. The minimum Gasteiger partial charge on any atom is -0.456 e. The van der Waals surface area contributed by atoms with Crippen LogP contribution in [0.4, 0.5) is 0 Å². The van der Waals surface area contributed by atoms with Crippen LogP contribution in [0.3, 0.4) is 0 Å². The SMILES string of the molecule is CC(C)CNCc1ccc(Oc2ccc(Cl)cc2)c(Cl)c1. The lowest BCUT2D eigenvalue weighted by Gasteiger charge is -2.11. The highest BCUT2D eigenvalue weighted by Crippen LogP contribution is 2.30. The number of rotatable bonds is 6. The summed E-state index contributed by atoms with van der Waals surface area (Å²) in [5.74, 6) is 1.99. The highest BCUT2D eigenvalue weighted by atomic mass is 35.5. The molecule has 0 bridgehead atoms. The maximum absolute atomic E-state index is 6.27. The summed E-state index contributed by atoms with van der Waals surface area (Å²) in [6.07, 6.45) is 0. The van der Waals surface area contributed by atoms with Gasteiger partial charge in [0.1, 0.15) is 11.5 Å². The zero-order valence-electron chi connectivity index (χ0n) is 12.2. The van der Waals surface area contributed by atoms with Crippen molar-refractivity contribution in [1.82, 2.24) is 5.32 Å². The van der Waals surface area contributed by atoms with E-state index in [2.05, 4.69) is 19.2 Å². The fourth-order valence-corrected chi connectivity index (χ4v) is 2.24. The zero-order chi connectivity index (χ0) is 15.2. The quantitative estimate of drug-likeness (QED) is 0.754. The highest BCUT2D eigenvalue weighted by Gasteiger charge is 2.05. The molecule has 112 valence electrons. The van der Waals surface area contributed by atoms with Gasteiger partial charge in [-0.15, -0.1) is 0 Å². The molecule has 2 aromatic carbocycles. The number of benzene rings is 2. The van der Waals surface area contributed by atoms with Gasteiger partial charge in [-0.2, -0.15) is 0 Å². The predicted molar refractivity (Wildman–Crippen MR) is 89.5 cm³/mol. The number of hydrogen-bond donors (Lipinski definition) is 1. The van der Waals surface area contributed by atoms with Crippen LogP contribution < -0.4 is 10.1 Å². The number of ether oxygens (including phenoxy) is 1. The predicted octanol–water partition coefficient (Wildman–Crippen LogP) is 5.53. The van der Waals surface area contributed by atoms with Gasteiger partial charge in [-0.3, -0.25) is 0 Å². The Kier molecular flexibility index (Phi) is 5.92. The van der Waals surface area contributed by atoms with E-state index in [1.54, 1.807) is 12.1 Å². The normalized spacial score (nSPS) is 10.9. The first-order valence-corrected chi connectivity index (χ1v) is 7.73. The molecular formula is C17H19Cl2NO. The second kappa shape index (κ2) is 7.69. The van der Waals surface area contributed by atoms with Gasteiger partial charge < -0.3 is 10.1 Å². The fourth-order valence-electron chi connectivity index (χ4n) is 1.87. The van der Waals surface area contributed by atoms with Gasteiger partial charge in [0.25, 0.3) is 0 Å². The van der Waals surface area contributed by atoms with E-state index in [1.807, 2.05) is 30.3 Å². The third-order valence-electron chi connectivity index (χ3n) is 2.92. The van der Waals surface area contributed by atoms with Gasteiger partial charge in [0.15, 0.2) is 0 Å².